The minimum absolute atomic E-state index is 0.223. The third-order valence-corrected chi connectivity index (χ3v) is 5.05. The van der Waals surface area contributed by atoms with E-state index in [-0.39, 0.29) is 6.09 Å². The Bertz CT molecular complexity index is 638. The van der Waals surface area contributed by atoms with Gasteiger partial charge in [-0.15, -0.1) is 0 Å². The summed E-state index contributed by atoms with van der Waals surface area (Å²) < 4.78 is 5.44. The van der Waals surface area contributed by atoms with Gasteiger partial charge in [-0.2, -0.15) is 0 Å². The highest BCUT2D eigenvalue weighted by Gasteiger charge is 2.27. The molecule has 5 heteroatoms. The Kier molecular flexibility index (Phi) is 4.41. The Hall–Kier alpha value is -1.49. The van der Waals surface area contributed by atoms with E-state index in [0.29, 0.717) is 19.1 Å². The lowest BCUT2D eigenvalue weighted by molar-refractivity contribution is 0.0266. The van der Waals surface area contributed by atoms with Crippen molar-refractivity contribution in [3.63, 3.8) is 0 Å². The van der Waals surface area contributed by atoms with E-state index in [1.807, 2.05) is 20.8 Å². The molecule has 124 valence electrons. The van der Waals surface area contributed by atoms with Gasteiger partial charge < -0.3 is 9.64 Å². The van der Waals surface area contributed by atoms with Crippen LogP contribution in [-0.2, 0) is 4.74 Å². The van der Waals surface area contributed by atoms with E-state index in [1.165, 1.54) is 16.1 Å². The van der Waals surface area contributed by atoms with Crippen molar-refractivity contribution in [2.24, 2.45) is 4.99 Å². The quantitative estimate of drug-likeness (QED) is 0.719. The molecule has 1 amide bonds. The maximum Gasteiger partial charge on any atom is 0.410 e. The molecule has 0 radical (unpaired) electrons. The maximum atomic E-state index is 12.1. The van der Waals surface area contributed by atoms with Gasteiger partial charge in [0.25, 0.3) is 0 Å². The number of ether oxygens (including phenoxy) is 1. The second kappa shape index (κ2) is 6.19. The highest BCUT2D eigenvalue weighted by molar-refractivity contribution is 8.17. The normalized spacial score (nSPS) is 24.3. The van der Waals surface area contributed by atoms with Crippen molar-refractivity contribution in [1.82, 2.24) is 4.90 Å². The summed E-state index contributed by atoms with van der Waals surface area (Å²) in [5.41, 5.74) is 2.20. The van der Waals surface area contributed by atoms with Crippen LogP contribution in [0.2, 0.25) is 0 Å². The van der Waals surface area contributed by atoms with Gasteiger partial charge in [-0.3, -0.25) is 4.99 Å². The molecule has 1 unspecified atom stereocenters. The van der Waals surface area contributed by atoms with Crippen LogP contribution >= 0.6 is 11.8 Å². The first-order chi connectivity index (χ1) is 10.8. The molecule has 23 heavy (non-hydrogen) atoms. The molecule has 0 bridgehead atoms. The van der Waals surface area contributed by atoms with E-state index in [2.05, 4.69) is 30.1 Å². The van der Waals surface area contributed by atoms with Crippen LogP contribution in [0, 0.1) is 0 Å². The summed E-state index contributed by atoms with van der Waals surface area (Å²) in [6.07, 6.45) is 8.35. The minimum Gasteiger partial charge on any atom is -0.444 e. The highest BCUT2D eigenvalue weighted by atomic mass is 32.2. The Balaban J connectivity index is 1.63. The minimum atomic E-state index is -0.441. The predicted molar refractivity (Wildman–Crippen MR) is 95.8 cm³/mol. The van der Waals surface area contributed by atoms with Crippen LogP contribution in [0.4, 0.5) is 4.79 Å². The monoisotopic (exact) mass is 332 g/mol. The molecule has 2 heterocycles. The number of fused-ring (bicyclic) bond motifs is 1. The van der Waals surface area contributed by atoms with Crippen LogP contribution in [0.1, 0.15) is 40.5 Å². The molecular weight excluding hydrogens is 308 g/mol. The van der Waals surface area contributed by atoms with Crippen LogP contribution in [0.15, 0.2) is 39.3 Å². The van der Waals surface area contributed by atoms with Gasteiger partial charge in [0, 0.05) is 18.0 Å². The van der Waals surface area contributed by atoms with E-state index < -0.39 is 5.60 Å². The smallest absolute Gasteiger partial charge is 0.410 e. The predicted octanol–water partition coefficient (Wildman–Crippen LogP) is 4.30. The van der Waals surface area contributed by atoms with Crippen molar-refractivity contribution in [2.75, 3.05) is 13.1 Å². The van der Waals surface area contributed by atoms with E-state index in [0.717, 1.165) is 17.9 Å². The van der Waals surface area contributed by atoms with Crippen LogP contribution in [0.3, 0.4) is 0 Å². The Morgan fingerprint density at radius 2 is 2.17 bits per heavy atom. The number of thioether (sulfide) groups is 1. The molecule has 1 atom stereocenters. The van der Waals surface area contributed by atoms with Crippen LogP contribution in [0.5, 0.6) is 0 Å². The Morgan fingerprint density at radius 3 is 2.83 bits per heavy atom. The fourth-order valence-electron chi connectivity index (χ4n) is 2.94. The number of rotatable bonds is 1. The van der Waals surface area contributed by atoms with Gasteiger partial charge in [0.15, 0.2) is 0 Å². The molecule has 0 spiro atoms. The number of hydrogen-bond acceptors (Lipinski definition) is 4. The Labute approximate surface area is 142 Å². The summed E-state index contributed by atoms with van der Waals surface area (Å²) in [6, 6.07) is 0.339. The second-order valence-corrected chi connectivity index (χ2v) is 8.38. The van der Waals surface area contributed by atoms with Gasteiger partial charge >= 0.3 is 6.09 Å². The number of carbonyl (C=O) groups excluding carboxylic acids is 1. The summed E-state index contributed by atoms with van der Waals surface area (Å²) in [6.45, 7) is 9.10. The fourth-order valence-corrected chi connectivity index (χ4v) is 3.93. The SMILES string of the molecule is CC1=NC2CC=C(C3=CCN(C(=O)OC(C)(C)C)CC3)C=C2S1. The second-order valence-electron chi connectivity index (χ2n) is 7.11. The molecule has 0 saturated heterocycles. The number of nitrogens with zero attached hydrogens (tertiary/aromatic N) is 2. The molecule has 3 aliphatic rings. The van der Waals surface area contributed by atoms with Crippen LogP contribution < -0.4 is 0 Å². The van der Waals surface area contributed by atoms with Gasteiger partial charge in [0.2, 0.25) is 0 Å². The summed E-state index contributed by atoms with van der Waals surface area (Å²) in [5, 5.41) is 1.16. The molecule has 0 fully saturated rings. The number of amides is 1. The topological polar surface area (TPSA) is 41.9 Å². The molecule has 3 rings (SSSR count). The van der Waals surface area contributed by atoms with Gasteiger partial charge in [0.1, 0.15) is 5.60 Å². The standard InChI is InChI=1S/C18H24N2O2S/c1-12-19-15-6-5-14(11-16(15)23-12)13-7-9-20(10-8-13)17(21)22-18(2,3)4/h5,7,11,15H,6,8-10H2,1-4H3. The molecule has 1 aliphatic carbocycles. The van der Waals surface area contributed by atoms with E-state index in [1.54, 1.807) is 16.7 Å². The molecule has 0 aromatic carbocycles. The summed E-state index contributed by atoms with van der Waals surface area (Å²) in [7, 11) is 0. The summed E-state index contributed by atoms with van der Waals surface area (Å²) >= 11 is 1.79. The molecule has 0 aromatic rings. The maximum absolute atomic E-state index is 12.1. The van der Waals surface area contributed by atoms with Crippen molar-refractivity contribution in [2.45, 2.75) is 52.2 Å². The average molecular weight is 332 g/mol. The molecule has 2 aliphatic heterocycles. The summed E-state index contributed by atoms with van der Waals surface area (Å²) in [4.78, 5) is 19.9. The molecule has 4 nitrogen and oxygen atoms in total. The molecule has 0 aromatic heterocycles. The van der Waals surface area contributed by atoms with E-state index in [9.17, 15) is 4.79 Å². The largest absolute Gasteiger partial charge is 0.444 e. The van der Waals surface area contributed by atoms with Gasteiger partial charge in [0.05, 0.1) is 11.1 Å². The van der Waals surface area contributed by atoms with Crippen molar-refractivity contribution in [3.8, 4) is 0 Å². The fraction of sp³-hybridized carbons (Fsp3) is 0.556. The first-order valence-electron chi connectivity index (χ1n) is 8.13. The van der Waals surface area contributed by atoms with Crippen LogP contribution in [-0.4, -0.2) is 40.8 Å². The van der Waals surface area contributed by atoms with Gasteiger partial charge in [-0.25, -0.2) is 4.79 Å². The zero-order chi connectivity index (χ0) is 16.6. The lowest BCUT2D eigenvalue weighted by atomic mass is 9.93. The lowest BCUT2D eigenvalue weighted by Crippen LogP contribution is -2.39. The van der Waals surface area contributed by atoms with Crippen molar-refractivity contribution < 1.29 is 9.53 Å². The van der Waals surface area contributed by atoms with Crippen molar-refractivity contribution in [3.05, 3.63) is 34.3 Å². The zero-order valence-corrected chi connectivity index (χ0v) is 15.1. The lowest BCUT2D eigenvalue weighted by Gasteiger charge is -2.30. The zero-order valence-electron chi connectivity index (χ0n) is 14.3. The first kappa shape index (κ1) is 16.4. The van der Waals surface area contributed by atoms with Gasteiger partial charge in [-0.1, -0.05) is 23.9 Å². The van der Waals surface area contributed by atoms with E-state index in [4.69, 9.17) is 4.74 Å². The number of allylic oxidation sites excluding steroid dienone is 2. The molecule has 0 saturated carbocycles. The third-order valence-electron chi connectivity index (χ3n) is 4.02. The highest BCUT2D eigenvalue weighted by Crippen LogP contribution is 2.38. The molecular formula is C18H24N2O2S. The average Bonchev–Trinajstić information content (AvgIpc) is 2.84. The van der Waals surface area contributed by atoms with Crippen molar-refractivity contribution >= 4 is 22.9 Å². The summed E-state index contributed by atoms with van der Waals surface area (Å²) in [5.74, 6) is 0. The number of carbonyl (C=O) groups is 1. The number of hydrogen-bond donors (Lipinski definition) is 0. The van der Waals surface area contributed by atoms with E-state index >= 15 is 0 Å². The Morgan fingerprint density at radius 1 is 1.39 bits per heavy atom. The van der Waals surface area contributed by atoms with Gasteiger partial charge in [-0.05, 0) is 57.8 Å². The molecule has 0 N–H and O–H groups in total. The van der Waals surface area contributed by atoms with Crippen molar-refractivity contribution in [1.29, 1.82) is 0 Å². The number of aliphatic imine (C=N–C) groups is 1. The first-order valence-corrected chi connectivity index (χ1v) is 8.95. The van der Waals surface area contributed by atoms with Crippen LogP contribution in [0.25, 0.3) is 0 Å². The third kappa shape index (κ3) is 3.89.